The Morgan fingerprint density at radius 3 is 2.76 bits per heavy atom. The molecule has 0 spiro atoms. The standard InChI is InChI=1S/C20H19NO4/c1-15-4-3-5-17(12-15)14-25-20(22)9-7-16-6-8-18(24-11-10-21)19(13-16)23-2/h3-9,12-13H,11,14H2,1-2H3/b9-7+. The van der Waals surface area contributed by atoms with Gasteiger partial charge in [-0.05, 0) is 36.3 Å². The highest BCUT2D eigenvalue weighted by Crippen LogP contribution is 2.28. The van der Waals surface area contributed by atoms with E-state index in [1.807, 2.05) is 37.3 Å². The Hall–Kier alpha value is -3.26. The lowest BCUT2D eigenvalue weighted by molar-refractivity contribution is -0.138. The van der Waals surface area contributed by atoms with Gasteiger partial charge in [-0.25, -0.2) is 4.79 Å². The number of hydrogen-bond donors (Lipinski definition) is 0. The lowest BCUT2D eigenvalue weighted by Gasteiger charge is -2.08. The largest absolute Gasteiger partial charge is 0.493 e. The van der Waals surface area contributed by atoms with Crippen LogP contribution >= 0.6 is 0 Å². The van der Waals surface area contributed by atoms with Crippen molar-refractivity contribution >= 4 is 12.0 Å². The molecule has 0 heterocycles. The third-order valence-corrected chi connectivity index (χ3v) is 3.36. The summed E-state index contributed by atoms with van der Waals surface area (Å²) in [7, 11) is 1.51. The first kappa shape index (κ1) is 18.1. The van der Waals surface area contributed by atoms with E-state index in [9.17, 15) is 4.79 Å². The first-order chi connectivity index (χ1) is 12.1. The van der Waals surface area contributed by atoms with Crippen molar-refractivity contribution in [2.45, 2.75) is 13.5 Å². The van der Waals surface area contributed by atoms with E-state index in [-0.39, 0.29) is 13.2 Å². The fourth-order valence-corrected chi connectivity index (χ4v) is 2.19. The molecule has 2 aromatic rings. The SMILES string of the molecule is COc1cc(/C=C/C(=O)OCc2cccc(C)c2)ccc1OCC#N. The zero-order chi connectivity index (χ0) is 18.1. The van der Waals surface area contributed by atoms with Gasteiger partial charge in [0.25, 0.3) is 0 Å². The van der Waals surface area contributed by atoms with Gasteiger partial charge in [-0.15, -0.1) is 0 Å². The fourth-order valence-electron chi connectivity index (χ4n) is 2.19. The molecule has 128 valence electrons. The van der Waals surface area contributed by atoms with Crippen LogP contribution in [0.25, 0.3) is 6.08 Å². The Morgan fingerprint density at radius 2 is 2.04 bits per heavy atom. The molecular weight excluding hydrogens is 318 g/mol. The Balaban J connectivity index is 1.96. The van der Waals surface area contributed by atoms with Crippen molar-refractivity contribution in [1.29, 1.82) is 5.26 Å². The smallest absolute Gasteiger partial charge is 0.331 e. The molecule has 0 unspecified atom stereocenters. The summed E-state index contributed by atoms with van der Waals surface area (Å²) < 4.78 is 15.7. The number of rotatable bonds is 7. The van der Waals surface area contributed by atoms with Gasteiger partial charge in [0.15, 0.2) is 18.1 Å². The summed E-state index contributed by atoms with van der Waals surface area (Å²) >= 11 is 0. The van der Waals surface area contributed by atoms with E-state index in [1.165, 1.54) is 13.2 Å². The van der Waals surface area contributed by atoms with E-state index in [4.69, 9.17) is 19.5 Å². The molecular formula is C20H19NO4. The van der Waals surface area contributed by atoms with Crippen LogP contribution < -0.4 is 9.47 Å². The minimum atomic E-state index is -0.426. The van der Waals surface area contributed by atoms with Gasteiger partial charge in [-0.2, -0.15) is 5.26 Å². The van der Waals surface area contributed by atoms with E-state index in [0.29, 0.717) is 11.5 Å². The average Bonchev–Trinajstić information content (AvgIpc) is 2.63. The minimum absolute atomic E-state index is 0.0587. The topological polar surface area (TPSA) is 68.6 Å². The summed E-state index contributed by atoms with van der Waals surface area (Å²) in [4.78, 5) is 11.8. The molecule has 0 aromatic heterocycles. The second kappa shape index (κ2) is 9.14. The molecule has 0 amide bonds. The van der Waals surface area contributed by atoms with Gasteiger partial charge in [-0.3, -0.25) is 0 Å². The Kier molecular flexibility index (Phi) is 6.61. The highest BCUT2D eigenvalue weighted by molar-refractivity contribution is 5.87. The fraction of sp³-hybridized carbons (Fsp3) is 0.200. The number of hydrogen-bond acceptors (Lipinski definition) is 5. The lowest BCUT2D eigenvalue weighted by atomic mass is 10.1. The van der Waals surface area contributed by atoms with Crippen LogP contribution in [0.5, 0.6) is 11.5 Å². The molecule has 0 aliphatic heterocycles. The van der Waals surface area contributed by atoms with Crippen LogP contribution in [0.4, 0.5) is 0 Å². The van der Waals surface area contributed by atoms with Gasteiger partial charge in [0.1, 0.15) is 12.7 Å². The average molecular weight is 337 g/mol. The van der Waals surface area contributed by atoms with E-state index < -0.39 is 5.97 Å². The summed E-state index contributed by atoms with van der Waals surface area (Å²) in [5.41, 5.74) is 2.82. The number of nitrogens with zero attached hydrogens (tertiary/aromatic N) is 1. The van der Waals surface area contributed by atoms with Gasteiger partial charge in [0, 0.05) is 6.08 Å². The molecule has 2 aromatic carbocycles. The van der Waals surface area contributed by atoms with Crippen molar-refractivity contribution in [1.82, 2.24) is 0 Å². The zero-order valence-electron chi connectivity index (χ0n) is 14.2. The number of carbonyl (C=O) groups is 1. The number of esters is 1. The Bertz CT molecular complexity index is 806. The van der Waals surface area contributed by atoms with Gasteiger partial charge in [0.05, 0.1) is 7.11 Å². The molecule has 0 atom stereocenters. The van der Waals surface area contributed by atoms with Gasteiger partial charge in [-0.1, -0.05) is 35.9 Å². The number of benzene rings is 2. The van der Waals surface area contributed by atoms with Crippen LogP contribution in [0.3, 0.4) is 0 Å². The van der Waals surface area contributed by atoms with Crippen molar-refractivity contribution in [2.75, 3.05) is 13.7 Å². The highest BCUT2D eigenvalue weighted by Gasteiger charge is 2.05. The summed E-state index contributed by atoms with van der Waals surface area (Å²) in [5.74, 6) is 0.541. The second-order valence-electron chi connectivity index (χ2n) is 5.29. The van der Waals surface area contributed by atoms with Crippen molar-refractivity contribution in [3.63, 3.8) is 0 Å². The Morgan fingerprint density at radius 1 is 1.20 bits per heavy atom. The minimum Gasteiger partial charge on any atom is -0.493 e. The van der Waals surface area contributed by atoms with Crippen LogP contribution in [0.1, 0.15) is 16.7 Å². The quantitative estimate of drug-likeness (QED) is 0.570. The van der Waals surface area contributed by atoms with Crippen LogP contribution in [-0.4, -0.2) is 19.7 Å². The van der Waals surface area contributed by atoms with Gasteiger partial charge < -0.3 is 14.2 Å². The summed E-state index contributed by atoms with van der Waals surface area (Å²) in [5, 5.41) is 8.56. The summed E-state index contributed by atoms with van der Waals surface area (Å²) in [6.07, 6.45) is 3.00. The van der Waals surface area contributed by atoms with Gasteiger partial charge in [0.2, 0.25) is 0 Å². The maximum absolute atomic E-state index is 11.8. The first-order valence-corrected chi connectivity index (χ1v) is 7.70. The van der Waals surface area contributed by atoms with E-state index in [1.54, 1.807) is 24.3 Å². The van der Waals surface area contributed by atoms with Crippen molar-refractivity contribution in [3.8, 4) is 17.6 Å². The normalized spacial score (nSPS) is 10.3. The third-order valence-electron chi connectivity index (χ3n) is 3.36. The summed E-state index contributed by atoms with van der Waals surface area (Å²) in [6, 6.07) is 14.9. The van der Waals surface area contributed by atoms with E-state index >= 15 is 0 Å². The van der Waals surface area contributed by atoms with Crippen LogP contribution in [0.15, 0.2) is 48.5 Å². The maximum Gasteiger partial charge on any atom is 0.331 e. The first-order valence-electron chi connectivity index (χ1n) is 7.70. The van der Waals surface area contributed by atoms with E-state index in [2.05, 4.69) is 0 Å². The van der Waals surface area contributed by atoms with Crippen LogP contribution in [-0.2, 0) is 16.1 Å². The Labute approximate surface area is 147 Å². The van der Waals surface area contributed by atoms with Crippen molar-refractivity contribution < 1.29 is 19.0 Å². The summed E-state index contributed by atoms with van der Waals surface area (Å²) in [6.45, 7) is 2.16. The molecule has 0 saturated carbocycles. The lowest BCUT2D eigenvalue weighted by Crippen LogP contribution is -2.01. The molecule has 0 aliphatic rings. The molecule has 0 bridgehead atoms. The molecule has 0 aliphatic carbocycles. The van der Waals surface area contributed by atoms with Crippen LogP contribution in [0.2, 0.25) is 0 Å². The number of ether oxygens (including phenoxy) is 3. The maximum atomic E-state index is 11.8. The number of nitriles is 1. The number of aryl methyl sites for hydroxylation is 1. The molecule has 0 fully saturated rings. The zero-order valence-corrected chi connectivity index (χ0v) is 14.2. The van der Waals surface area contributed by atoms with Gasteiger partial charge >= 0.3 is 5.97 Å². The molecule has 0 N–H and O–H groups in total. The van der Waals surface area contributed by atoms with Crippen LogP contribution in [0, 0.1) is 18.3 Å². The van der Waals surface area contributed by atoms with Crippen molar-refractivity contribution in [3.05, 3.63) is 65.2 Å². The predicted octanol–water partition coefficient (Wildman–Crippen LogP) is 3.66. The van der Waals surface area contributed by atoms with Crippen molar-refractivity contribution in [2.24, 2.45) is 0 Å². The molecule has 5 nitrogen and oxygen atoms in total. The molecule has 0 radical (unpaired) electrons. The predicted molar refractivity (Wildman–Crippen MR) is 94.1 cm³/mol. The molecule has 5 heteroatoms. The number of methoxy groups -OCH3 is 1. The second-order valence-corrected chi connectivity index (χ2v) is 5.29. The molecule has 2 rings (SSSR count). The molecule has 0 saturated heterocycles. The third kappa shape index (κ3) is 5.70. The van der Waals surface area contributed by atoms with E-state index in [0.717, 1.165) is 16.7 Å². The molecule has 25 heavy (non-hydrogen) atoms. The monoisotopic (exact) mass is 337 g/mol. The highest BCUT2D eigenvalue weighted by atomic mass is 16.5. The number of carbonyl (C=O) groups excluding carboxylic acids is 1.